The minimum Gasteiger partial charge on any atom is -0.480 e. The molecule has 2 unspecified atom stereocenters. The highest BCUT2D eigenvalue weighted by Crippen LogP contribution is 2.30. The molecule has 1 saturated heterocycles. The van der Waals surface area contributed by atoms with E-state index >= 15 is 0 Å². The minimum atomic E-state index is -0.918. The highest BCUT2D eigenvalue weighted by molar-refractivity contribution is 8.00. The lowest BCUT2D eigenvalue weighted by Crippen LogP contribution is -2.49. The summed E-state index contributed by atoms with van der Waals surface area (Å²) in [6.45, 7) is 2.55. The van der Waals surface area contributed by atoms with Crippen LogP contribution in [0.2, 0.25) is 0 Å². The van der Waals surface area contributed by atoms with Gasteiger partial charge in [0.05, 0.1) is 5.37 Å². The summed E-state index contributed by atoms with van der Waals surface area (Å²) in [6, 6.07) is -0.920. The molecule has 2 fully saturated rings. The highest BCUT2D eigenvalue weighted by atomic mass is 32.2. The number of carboxylic acid groups (broad SMARTS) is 1. The molecule has 6 heteroatoms. The van der Waals surface area contributed by atoms with Gasteiger partial charge in [-0.15, -0.1) is 11.8 Å². The van der Waals surface area contributed by atoms with Gasteiger partial charge in [0.15, 0.2) is 0 Å². The third-order valence-electron chi connectivity index (χ3n) is 2.98. The number of rotatable bonds is 3. The molecule has 0 aromatic rings. The van der Waals surface area contributed by atoms with Crippen LogP contribution in [-0.4, -0.2) is 45.7 Å². The predicted octanol–water partition coefficient (Wildman–Crippen LogP) is 0.954. The van der Waals surface area contributed by atoms with Crippen LogP contribution in [0.4, 0.5) is 4.79 Å². The molecule has 2 aliphatic rings. The molecule has 2 rings (SSSR count). The zero-order valence-corrected chi connectivity index (χ0v) is 10.00. The maximum absolute atomic E-state index is 11.8. The first kappa shape index (κ1) is 11.6. The molecular formula is C10H16N2O3S. The van der Waals surface area contributed by atoms with Gasteiger partial charge in [0.2, 0.25) is 0 Å². The standard InChI is InChI=1S/C10H16N2O3S/c1-6-12(8(5-16-6)9(13)14)10(15)11-4-7-2-3-7/h6-8H,2-5H2,1H3,(H,11,15)(H,13,14). The Bertz CT molecular complexity index is 306. The number of nitrogens with one attached hydrogen (secondary N) is 1. The number of aliphatic carboxylic acids is 1. The third kappa shape index (κ3) is 2.42. The Balaban J connectivity index is 1.92. The number of carbonyl (C=O) groups excluding carboxylic acids is 1. The maximum atomic E-state index is 11.8. The van der Waals surface area contributed by atoms with Gasteiger partial charge in [-0.3, -0.25) is 4.90 Å². The van der Waals surface area contributed by atoms with Crippen molar-refractivity contribution in [2.45, 2.75) is 31.2 Å². The van der Waals surface area contributed by atoms with Gasteiger partial charge in [0, 0.05) is 12.3 Å². The second-order valence-electron chi connectivity index (χ2n) is 4.32. The van der Waals surface area contributed by atoms with E-state index in [1.165, 1.54) is 29.5 Å². The van der Waals surface area contributed by atoms with E-state index in [4.69, 9.17) is 5.11 Å². The molecule has 1 aliphatic heterocycles. The number of thioether (sulfide) groups is 1. The van der Waals surface area contributed by atoms with Crippen molar-refractivity contribution in [3.8, 4) is 0 Å². The van der Waals surface area contributed by atoms with Gasteiger partial charge in [-0.1, -0.05) is 0 Å². The maximum Gasteiger partial charge on any atom is 0.327 e. The molecule has 2 amide bonds. The molecule has 1 saturated carbocycles. The molecule has 0 aromatic heterocycles. The molecule has 0 aromatic carbocycles. The second-order valence-corrected chi connectivity index (χ2v) is 5.67. The minimum absolute atomic E-state index is 0.0553. The molecule has 90 valence electrons. The summed E-state index contributed by atoms with van der Waals surface area (Å²) in [4.78, 5) is 24.3. The second kappa shape index (κ2) is 4.53. The Morgan fingerprint density at radius 1 is 1.50 bits per heavy atom. The Hall–Kier alpha value is -0.910. The van der Waals surface area contributed by atoms with E-state index < -0.39 is 12.0 Å². The van der Waals surface area contributed by atoms with Crippen LogP contribution >= 0.6 is 11.8 Å². The van der Waals surface area contributed by atoms with Gasteiger partial charge >= 0.3 is 12.0 Å². The summed E-state index contributed by atoms with van der Waals surface area (Å²) >= 11 is 1.50. The number of amides is 2. The molecule has 1 heterocycles. The SMILES string of the molecule is CC1SCC(C(=O)O)N1C(=O)NCC1CC1. The first-order valence-electron chi connectivity index (χ1n) is 5.50. The van der Waals surface area contributed by atoms with Crippen LogP contribution in [0.25, 0.3) is 0 Å². The van der Waals surface area contributed by atoms with Gasteiger partial charge < -0.3 is 10.4 Å². The van der Waals surface area contributed by atoms with E-state index in [9.17, 15) is 9.59 Å². The summed E-state index contributed by atoms with van der Waals surface area (Å²) in [7, 11) is 0. The van der Waals surface area contributed by atoms with Crippen molar-refractivity contribution >= 4 is 23.8 Å². The molecular weight excluding hydrogens is 228 g/mol. The molecule has 0 radical (unpaired) electrons. The van der Waals surface area contributed by atoms with Crippen molar-refractivity contribution in [1.82, 2.24) is 10.2 Å². The first-order valence-corrected chi connectivity index (χ1v) is 6.55. The Labute approximate surface area is 98.6 Å². The van der Waals surface area contributed by atoms with Crippen molar-refractivity contribution in [2.75, 3.05) is 12.3 Å². The van der Waals surface area contributed by atoms with Gasteiger partial charge in [0.1, 0.15) is 6.04 Å². The Morgan fingerprint density at radius 2 is 2.19 bits per heavy atom. The van der Waals surface area contributed by atoms with E-state index in [0.717, 1.165) is 0 Å². The van der Waals surface area contributed by atoms with Gasteiger partial charge in [0.25, 0.3) is 0 Å². The molecule has 0 bridgehead atoms. The molecule has 16 heavy (non-hydrogen) atoms. The number of nitrogens with zero attached hydrogens (tertiary/aromatic N) is 1. The van der Waals surface area contributed by atoms with Crippen LogP contribution in [0.5, 0.6) is 0 Å². The average Bonchev–Trinajstić information content (AvgIpc) is 2.97. The highest BCUT2D eigenvalue weighted by Gasteiger charge is 2.39. The van der Waals surface area contributed by atoms with Gasteiger partial charge in [-0.25, -0.2) is 9.59 Å². The number of urea groups is 1. The summed E-state index contributed by atoms with van der Waals surface area (Å²) in [5, 5.41) is 11.8. The smallest absolute Gasteiger partial charge is 0.327 e. The van der Waals surface area contributed by atoms with Crippen molar-refractivity contribution in [3.05, 3.63) is 0 Å². The van der Waals surface area contributed by atoms with Crippen molar-refractivity contribution in [1.29, 1.82) is 0 Å². The topological polar surface area (TPSA) is 69.6 Å². The molecule has 2 N–H and O–H groups in total. The summed E-state index contributed by atoms with van der Waals surface area (Å²) in [5.74, 6) is 0.170. The van der Waals surface area contributed by atoms with E-state index in [0.29, 0.717) is 18.2 Å². The van der Waals surface area contributed by atoms with Gasteiger partial charge in [-0.05, 0) is 25.7 Å². The first-order chi connectivity index (χ1) is 7.59. The summed E-state index contributed by atoms with van der Waals surface area (Å²) in [6.07, 6.45) is 2.35. The van der Waals surface area contributed by atoms with Gasteiger partial charge in [-0.2, -0.15) is 0 Å². The molecule has 1 aliphatic carbocycles. The fourth-order valence-electron chi connectivity index (χ4n) is 1.79. The lowest BCUT2D eigenvalue weighted by molar-refractivity contribution is -0.141. The van der Waals surface area contributed by atoms with E-state index in [1.807, 2.05) is 6.92 Å². The number of carboxylic acids is 1. The zero-order valence-electron chi connectivity index (χ0n) is 9.18. The summed E-state index contributed by atoms with van der Waals surface area (Å²) < 4.78 is 0. The molecule has 5 nitrogen and oxygen atoms in total. The largest absolute Gasteiger partial charge is 0.480 e. The lowest BCUT2D eigenvalue weighted by Gasteiger charge is -2.25. The van der Waals surface area contributed by atoms with Crippen LogP contribution in [0.3, 0.4) is 0 Å². The van der Waals surface area contributed by atoms with Crippen LogP contribution in [0.15, 0.2) is 0 Å². The normalized spacial score (nSPS) is 29.2. The molecule has 2 atom stereocenters. The zero-order chi connectivity index (χ0) is 11.7. The van der Waals surface area contributed by atoms with E-state index in [2.05, 4.69) is 5.32 Å². The average molecular weight is 244 g/mol. The van der Waals surface area contributed by atoms with Crippen LogP contribution in [0.1, 0.15) is 19.8 Å². The third-order valence-corrected chi connectivity index (χ3v) is 4.20. The van der Waals surface area contributed by atoms with E-state index in [1.54, 1.807) is 0 Å². The Morgan fingerprint density at radius 3 is 2.75 bits per heavy atom. The summed E-state index contributed by atoms with van der Waals surface area (Å²) in [5.41, 5.74) is 0. The number of hydrogen-bond acceptors (Lipinski definition) is 3. The van der Waals surface area contributed by atoms with Crippen LogP contribution in [0, 0.1) is 5.92 Å². The van der Waals surface area contributed by atoms with Crippen molar-refractivity contribution in [3.63, 3.8) is 0 Å². The van der Waals surface area contributed by atoms with Crippen LogP contribution in [-0.2, 0) is 4.79 Å². The fourth-order valence-corrected chi connectivity index (χ4v) is 2.95. The monoisotopic (exact) mass is 244 g/mol. The predicted molar refractivity (Wildman–Crippen MR) is 61.3 cm³/mol. The quantitative estimate of drug-likeness (QED) is 0.775. The van der Waals surface area contributed by atoms with Crippen molar-refractivity contribution < 1.29 is 14.7 Å². The molecule has 0 spiro atoms. The fraction of sp³-hybridized carbons (Fsp3) is 0.800. The number of hydrogen-bond donors (Lipinski definition) is 2. The van der Waals surface area contributed by atoms with Crippen molar-refractivity contribution in [2.24, 2.45) is 5.92 Å². The van der Waals surface area contributed by atoms with Crippen LogP contribution < -0.4 is 5.32 Å². The van der Waals surface area contributed by atoms with E-state index in [-0.39, 0.29) is 11.4 Å². The lowest BCUT2D eigenvalue weighted by atomic mass is 10.3. The Kier molecular flexibility index (Phi) is 3.28. The number of carbonyl (C=O) groups is 2.